The van der Waals surface area contributed by atoms with Crippen LogP contribution in [0, 0.1) is 17.1 Å². The fourth-order valence-corrected chi connectivity index (χ4v) is 3.47. The molecule has 0 spiro atoms. The summed E-state index contributed by atoms with van der Waals surface area (Å²) in [5, 5.41) is 11.5. The molecule has 0 aliphatic heterocycles. The van der Waals surface area contributed by atoms with Crippen molar-refractivity contribution in [1.29, 1.82) is 5.26 Å². The number of hydrogen-bond donors (Lipinski definition) is 2. The van der Waals surface area contributed by atoms with Gasteiger partial charge >= 0.3 is 0 Å². The number of nitrogens with one attached hydrogen (secondary N) is 2. The van der Waals surface area contributed by atoms with Crippen molar-refractivity contribution in [2.45, 2.75) is 4.90 Å². The first-order chi connectivity index (χ1) is 13.4. The molecule has 3 rings (SSSR count). The molecule has 0 radical (unpaired) electrons. The molecule has 28 heavy (non-hydrogen) atoms. The number of anilines is 2. The van der Waals surface area contributed by atoms with E-state index >= 15 is 0 Å². The summed E-state index contributed by atoms with van der Waals surface area (Å²) in [7, 11) is -3.92. The van der Waals surface area contributed by atoms with Crippen molar-refractivity contribution in [3.63, 3.8) is 0 Å². The molecule has 3 aromatic carbocycles. The lowest BCUT2D eigenvalue weighted by Gasteiger charge is -2.09. The smallest absolute Gasteiger partial charge is 0.261 e. The van der Waals surface area contributed by atoms with Crippen molar-refractivity contribution in [3.05, 3.63) is 89.7 Å². The normalized spacial score (nSPS) is 10.7. The zero-order valence-corrected chi connectivity index (χ0v) is 15.2. The molecule has 0 saturated carbocycles. The maximum absolute atomic E-state index is 13.2. The summed E-state index contributed by atoms with van der Waals surface area (Å²) >= 11 is 0. The Balaban J connectivity index is 1.75. The van der Waals surface area contributed by atoms with Crippen LogP contribution in [0.1, 0.15) is 15.9 Å². The number of sulfonamides is 1. The Labute approximate surface area is 161 Å². The van der Waals surface area contributed by atoms with E-state index in [4.69, 9.17) is 5.26 Å². The molecule has 3 aromatic rings. The third-order valence-electron chi connectivity index (χ3n) is 3.75. The minimum atomic E-state index is -3.92. The van der Waals surface area contributed by atoms with Crippen LogP contribution in [0.15, 0.2) is 77.7 Å². The minimum absolute atomic E-state index is 0.0696. The average molecular weight is 395 g/mol. The fourth-order valence-electron chi connectivity index (χ4n) is 2.42. The molecule has 2 N–H and O–H groups in total. The van der Waals surface area contributed by atoms with Crippen LogP contribution in [0.4, 0.5) is 15.8 Å². The van der Waals surface area contributed by atoms with E-state index in [1.165, 1.54) is 48.5 Å². The third kappa shape index (κ3) is 4.52. The van der Waals surface area contributed by atoms with E-state index in [0.29, 0.717) is 11.3 Å². The molecular formula is C20H14FN3O3S. The van der Waals surface area contributed by atoms with Crippen LogP contribution in [0.5, 0.6) is 0 Å². The number of halogens is 1. The summed E-state index contributed by atoms with van der Waals surface area (Å²) in [5.74, 6) is -1.01. The van der Waals surface area contributed by atoms with E-state index in [0.717, 1.165) is 6.07 Å². The van der Waals surface area contributed by atoms with Crippen molar-refractivity contribution in [3.8, 4) is 6.07 Å². The van der Waals surface area contributed by atoms with Crippen LogP contribution in [0.2, 0.25) is 0 Å². The Morgan fingerprint density at radius 3 is 2.29 bits per heavy atom. The van der Waals surface area contributed by atoms with Crippen LogP contribution in [-0.2, 0) is 10.0 Å². The Morgan fingerprint density at radius 2 is 1.61 bits per heavy atom. The monoisotopic (exact) mass is 395 g/mol. The highest BCUT2D eigenvalue weighted by molar-refractivity contribution is 7.92. The van der Waals surface area contributed by atoms with Crippen molar-refractivity contribution >= 4 is 27.3 Å². The molecular weight excluding hydrogens is 381 g/mol. The highest BCUT2D eigenvalue weighted by atomic mass is 32.2. The van der Waals surface area contributed by atoms with Crippen molar-refractivity contribution in [2.75, 3.05) is 10.0 Å². The van der Waals surface area contributed by atoms with Gasteiger partial charge in [0.15, 0.2) is 0 Å². The van der Waals surface area contributed by atoms with Crippen molar-refractivity contribution < 1.29 is 17.6 Å². The standard InChI is InChI=1S/C20H14FN3O3S/c21-16-4-2-6-18(12-16)24-28(26,27)19-9-7-15(8-10-19)20(25)23-17-5-1-3-14(11-17)13-22/h1-12,24H,(H,23,25). The van der Waals surface area contributed by atoms with Crippen molar-refractivity contribution in [1.82, 2.24) is 0 Å². The van der Waals surface area contributed by atoms with Gasteiger partial charge in [-0.3, -0.25) is 9.52 Å². The third-order valence-corrected chi connectivity index (χ3v) is 5.15. The summed E-state index contributed by atoms with van der Waals surface area (Å²) in [6.45, 7) is 0. The van der Waals surface area contributed by atoms with E-state index in [2.05, 4.69) is 10.0 Å². The summed E-state index contributed by atoms with van der Waals surface area (Å²) in [6.07, 6.45) is 0. The van der Waals surface area contributed by atoms with Gasteiger partial charge in [0, 0.05) is 11.3 Å². The van der Waals surface area contributed by atoms with Gasteiger partial charge in [0.05, 0.1) is 22.2 Å². The Morgan fingerprint density at radius 1 is 0.929 bits per heavy atom. The second-order valence-electron chi connectivity index (χ2n) is 5.79. The predicted molar refractivity (Wildman–Crippen MR) is 103 cm³/mol. The maximum Gasteiger partial charge on any atom is 0.261 e. The molecule has 0 aliphatic rings. The molecule has 6 nitrogen and oxygen atoms in total. The minimum Gasteiger partial charge on any atom is -0.322 e. The van der Waals surface area contributed by atoms with Gasteiger partial charge in [-0.2, -0.15) is 5.26 Å². The summed E-state index contributed by atoms with van der Waals surface area (Å²) in [5.41, 5.74) is 1.20. The number of benzene rings is 3. The zero-order chi connectivity index (χ0) is 20.1. The zero-order valence-electron chi connectivity index (χ0n) is 14.4. The summed E-state index contributed by atoms with van der Waals surface area (Å²) < 4.78 is 40.3. The Kier molecular flexibility index (Phi) is 5.38. The van der Waals surface area contributed by atoms with Crippen LogP contribution < -0.4 is 10.0 Å². The van der Waals surface area contributed by atoms with Gasteiger partial charge in [0.25, 0.3) is 15.9 Å². The highest BCUT2D eigenvalue weighted by Gasteiger charge is 2.15. The first-order valence-corrected chi connectivity index (χ1v) is 9.56. The van der Waals surface area contributed by atoms with Gasteiger partial charge < -0.3 is 5.32 Å². The molecule has 140 valence electrons. The van der Waals surface area contributed by atoms with E-state index in [1.54, 1.807) is 18.2 Å². The summed E-state index contributed by atoms with van der Waals surface area (Å²) in [4.78, 5) is 12.2. The number of nitrogens with zero attached hydrogens (tertiary/aromatic N) is 1. The lowest BCUT2D eigenvalue weighted by Crippen LogP contribution is -2.15. The predicted octanol–water partition coefficient (Wildman–Crippen LogP) is 3.75. The maximum atomic E-state index is 13.2. The summed E-state index contributed by atoms with van der Waals surface area (Å²) in [6, 6.07) is 18.8. The number of carbonyl (C=O) groups excluding carboxylic acids is 1. The van der Waals surface area contributed by atoms with Gasteiger partial charge in [-0.15, -0.1) is 0 Å². The number of rotatable bonds is 5. The van der Waals surface area contributed by atoms with Crippen LogP contribution in [-0.4, -0.2) is 14.3 Å². The molecule has 0 bridgehead atoms. The number of carbonyl (C=O) groups is 1. The SMILES string of the molecule is N#Cc1cccc(NC(=O)c2ccc(S(=O)(=O)Nc3cccc(F)c3)cc2)c1. The van der Waals surface area contributed by atoms with Crippen LogP contribution in [0.25, 0.3) is 0 Å². The van der Waals surface area contributed by atoms with E-state index in [-0.39, 0.29) is 16.1 Å². The lowest BCUT2D eigenvalue weighted by atomic mass is 10.2. The quantitative estimate of drug-likeness (QED) is 0.687. The number of amides is 1. The molecule has 0 heterocycles. The van der Waals surface area contributed by atoms with Crippen molar-refractivity contribution in [2.24, 2.45) is 0 Å². The Bertz CT molecular complexity index is 1170. The van der Waals surface area contributed by atoms with E-state index < -0.39 is 21.7 Å². The van der Waals surface area contributed by atoms with E-state index in [9.17, 15) is 17.6 Å². The molecule has 0 aliphatic carbocycles. The lowest BCUT2D eigenvalue weighted by molar-refractivity contribution is 0.102. The van der Waals surface area contributed by atoms with Crippen LogP contribution in [0.3, 0.4) is 0 Å². The second-order valence-corrected chi connectivity index (χ2v) is 7.47. The fraction of sp³-hybridized carbons (Fsp3) is 0. The van der Waals surface area contributed by atoms with Gasteiger partial charge in [-0.1, -0.05) is 12.1 Å². The Hall–Kier alpha value is -3.70. The molecule has 0 aromatic heterocycles. The number of hydrogen-bond acceptors (Lipinski definition) is 4. The van der Waals surface area contributed by atoms with Gasteiger partial charge in [-0.05, 0) is 60.7 Å². The average Bonchev–Trinajstić information content (AvgIpc) is 2.68. The van der Waals surface area contributed by atoms with Gasteiger partial charge in [-0.25, -0.2) is 12.8 Å². The molecule has 8 heteroatoms. The largest absolute Gasteiger partial charge is 0.322 e. The number of nitriles is 1. The molecule has 1 amide bonds. The van der Waals surface area contributed by atoms with Gasteiger partial charge in [0.1, 0.15) is 5.82 Å². The topological polar surface area (TPSA) is 99.1 Å². The second kappa shape index (κ2) is 7.90. The molecule has 0 unspecified atom stereocenters. The molecule has 0 atom stereocenters. The molecule has 0 saturated heterocycles. The molecule has 0 fully saturated rings. The van der Waals surface area contributed by atoms with Crippen LogP contribution >= 0.6 is 0 Å². The highest BCUT2D eigenvalue weighted by Crippen LogP contribution is 2.18. The van der Waals surface area contributed by atoms with E-state index in [1.807, 2.05) is 6.07 Å². The first kappa shape index (κ1) is 19.1. The first-order valence-electron chi connectivity index (χ1n) is 8.07. The van der Waals surface area contributed by atoms with Gasteiger partial charge in [0.2, 0.25) is 0 Å².